The molecule has 5 rings (SSSR count). The Bertz CT molecular complexity index is 1480. The van der Waals surface area contributed by atoms with E-state index in [1.54, 1.807) is 47.5 Å². The number of nitrogen functional groups attached to an aromatic ring is 1. The first-order valence-corrected chi connectivity index (χ1v) is 11.4. The van der Waals surface area contributed by atoms with Crippen LogP contribution >= 0.6 is 23.2 Å². The summed E-state index contributed by atoms with van der Waals surface area (Å²) < 4.78 is 1.88. The fourth-order valence-corrected chi connectivity index (χ4v) is 4.60. The lowest BCUT2D eigenvalue weighted by Gasteiger charge is -2.33. The molecule has 35 heavy (non-hydrogen) atoms. The molecule has 0 atom stereocenters. The van der Waals surface area contributed by atoms with E-state index in [1.807, 2.05) is 4.68 Å². The van der Waals surface area contributed by atoms with Gasteiger partial charge in [0.2, 0.25) is 11.9 Å². The lowest BCUT2D eigenvalue weighted by Crippen LogP contribution is -2.61. The highest BCUT2D eigenvalue weighted by molar-refractivity contribution is 6.36. The zero-order valence-corrected chi connectivity index (χ0v) is 19.8. The van der Waals surface area contributed by atoms with Crippen molar-refractivity contribution in [1.29, 1.82) is 0 Å². The number of carbonyl (C=O) groups is 2. The molecule has 4 heterocycles. The number of amides is 2. The Morgan fingerprint density at radius 3 is 2.69 bits per heavy atom. The average Bonchev–Trinajstić information content (AvgIpc) is 3.22. The van der Waals surface area contributed by atoms with Gasteiger partial charge < -0.3 is 16.0 Å². The molecule has 3 aromatic heterocycles. The van der Waals surface area contributed by atoms with Crippen molar-refractivity contribution < 1.29 is 14.3 Å². The fraction of sp³-hybridized carbons (Fsp3) is 0.125. The smallest absolute Gasteiger partial charge is 0.263 e. The molecule has 0 spiro atoms. The number of hydrogen-bond donors (Lipinski definition) is 3. The van der Waals surface area contributed by atoms with Crippen molar-refractivity contribution in [1.82, 2.24) is 20.0 Å². The Labute approximate surface area is 210 Å². The van der Waals surface area contributed by atoms with E-state index in [4.69, 9.17) is 28.9 Å². The predicted molar refractivity (Wildman–Crippen MR) is 134 cm³/mol. The van der Waals surface area contributed by atoms with Gasteiger partial charge in [-0.3, -0.25) is 9.59 Å². The third kappa shape index (κ3) is 4.09. The van der Waals surface area contributed by atoms with Crippen LogP contribution in [0.2, 0.25) is 10.0 Å². The summed E-state index contributed by atoms with van der Waals surface area (Å²) in [7, 11) is 0. The third-order valence-electron chi connectivity index (χ3n) is 5.88. The van der Waals surface area contributed by atoms with Gasteiger partial charge in [-0.25, -0.2) is 9.97 Å². The normalized spacial score (nSPS) is 13.5. The van der Waals surface area contributed by atoms with E-state index >= 15 is 0 Å². The number of nitrogens with one attached hydrogen (secondary N) is 2. The largest absolute Gasteiger partial charge is 0.383 e. The van der Waals surface area contributed by atoms with Gasteiger partial charge in [-0.2, -0.15) is 5.10 Å². The van der Waals surface area contributed by atoms with Crippen LogP contribution in [0.3, 0.4) is 0 Å². The van der Waals surface area contributed by atoms with Crippen LogP contribution in [-0.2, 0) is 4.79 Å². The summed E-state index contributed by atoms with van der Waals surface area (Å²) in [4.78, 5) is 34.6. The van der Waals surface area contributed by atoms with Gasteiger partial charge >= 0.3 is 0 Å². The molecule has 1 aromatic carbocycles. The van der Waals surface area contributed by atoms with Crippen LogP contribution in [0.25, 0.3) is 22.2 Å². The van der Waals surface area contributed by atoms with E-state index in [1.165, 1.54) is 12.3 Å². The van der Waals surface area contributed by atoms with Crippen molar-refractivity contribution in [2.45, 2.75) is 6.04 Å². The number of H-pyrrole nitrogens is 1. The molecule has 0 saturated carbocycles. The first-order valence-electron chi connectivity index (χ1n) is 10.7. The molecule has 4 N–H and O–H groups in total. The van der Waals surface area contributed by atoms with Crippen LogP contribution in [0.15, 0.2) is 61.4 Å². The van der Waals surface area contributed by atoms with Gasteiger partial charge in [-0.1, -0.05) is 41.9 Å². The Morgan fingerprint density at radius 2 is 2.00 bits per heavy atom. The molecule has 1 aliphatic rings. The number of nitrogens with two attached hydrogens (primary N) is 1. The standard InChI is InChI=1S/C24H19Cl2N7O2/c1-2-19(34)32-11-14(12-32)33-22-17(26)10-29-23(27)20(22)21(31-33)15-7-6-13(9-16(15)25)24(35)30-18-5-3-4-8-28-18/h2-10,14H,1,11-12H2,(H3,27,28,29,30,31,35)/p+1. The Kier molecular flexibility index (Phi) is 5.88. The van der Waals surface area contributed by atoms with Crippen LogP contribution in [0.1, 0.15) is 16.4 Å². The molecule has 1 fully saturated rings. The average molecular weight is 509 g/mol. The van der Waals surface area contributed by atoms with Gasteiger partial charge in [0.1, 0.15) is 27.7 Å². The minimum Gasteiger partial charge on any atom is -0.383 e. The molecule has 0 unspecified atom stereocenters. The highest BCUT2D eigenvalue weighted by Crippen LogP contribution is 2.37. The number of aromatic nitrogens is 4. The Hall–Kier alpha value is -3.95. The van der Waals surface area contributed by atoms with Crippen LogP contribution in [0, 0.1) is 0 Å². The summed E-state index contributed by atoms with van der Waals surface area (Å²) in [5.41, 5.74) is 8.52. The van der Waals surface area contributed by atoms with Crippen LogP contribution in [-0.4, -0.2) is 44.9 Å². The summed E-state index contributed by atoms with van der Waals surface area (Å²) in [6.45, 7) is 4.51. The van der Waals surface area contributed by atoms with Crippen molar-refractivity contribution in [3.05, 3.63) is 77.1 Å². The molecule has 0 bridgehead atoms. The second-order valence-electron chi connectivity index (χ2n) is 8.04. The highest BCUT2D eigenvalue weighted by atomic mass is 35.5. The molecule has 11 heteroatoms. The van der Waals surface area contributed by atoms with Crippen molar-refractivity contribution in [2.24, 2.45) is 0 Å². The Morgan fingerprint density at radius 1 is 1.20 bits per heavy atom. The van der Waals surface area contributed by atoms with Gasteiger partial charge in [-0.15, -0.1) is 4.68 Å². The number of fused-ring (bicyclic) bond motifs is 1. The van der Waals surface area contributed by atoms with E-state index in [2.05, 4.69) is 27.0 Å². The number of benzene rings is 1. The van der Waals surface area contributed by atoms with E-state index in [0.29, 0.717) is 56.7 Å². The molecule has 0 radical (unpaired) electrons. The monoisotopic (exact) mass is 508 g/mol. The maximum absolute atomic E-state index is 12.7. The minimum atomic E-state index is -0.339. The summed E-state index contributed by atoms with van der Waals surface area (Å²) >= 11 is 13.2. The van der Waals surface area contributed by atoms with Crippen LogP contribution < -0.4 is 15.7 Å². The van der Waals surface area contributed by atoms with Crippen molar-refractivity contribution in [2.75, 3.05) is 24.1 Å². The third-order valence-corrected chi connectivity index (χ3v) is 6.47. The van der Waals surface area contributed by atoms with Gasteiger partial charge in [0.25, 0.3) is 11.4 Å². The molecule has 9 nitrogen and oxygen atoms in total. The molecule has 176 valence electrons. The minimum absolute atomic E-state index is 0.0448. The van der Waals surface area contributed by atoms with Gasteiger partial charge in [0.15, 0.2) is 0 Å². The molecule has 1 aliphatic heterocycles. The quantitative estimate of drug-likeness (QED) is 0.280. The topological polar surface area (TPSA) is 121 Å². The number of anilines is 2. The highest BCUT2D eigenvalue weighted by Gasteiger charge is 2.41. The number of likely N-dealkylation sites (tertiary alicyclic amines) is 1. The second-order valence-corrected chi connectivity index (χ2v) is 8.85. The van der Waals surface area contributed by atoms with Crippen molar-refractivity contribution >= 4 is 57.6 Å². The number of pyridine rings is 2. The number of rotatable bonds is 5. The van der Waals surface area contributed by atoms with E-state index in [9.17, 15) is 9.59 Å². The van der Waals surface area contributed by atoms with Crippen LogP contribution in [0.4, 0.5) is 11.6 Å². The lowest BCUT2D eigenvalue weighted by atomic mass is 10.1. The molecule has 1 saturated heterocycles. The zero-order chi connectivity index (χ0) is 24.7. The lowest BCUT2D eigenvalue weighted by molar-refractivity contribution is -0.759. The molecular weight excluding hydrogens is 489 g/mol. The molecule has 0 aliphatic carbocycles. The number of nitrogens with zero attached hydrogens (tertiary/aromatic N) is 4. The van der Waals surface area contributed by atoms with E-state index in [0.717, 1.165) is 0 Å². The van der Waals surface area contributed by atoms with Gasteiger partial charge in [0.05, 0.1) is 24.3 Å². The van der Waals surface area contributed by atoms with E-state index in [-0.39, 0.29) is 23.7 Å². The molecular formula is C24H20Cl2N7O2+. The summed E-state index contributed by atoms with van der Waals surface area (Å²) in [6.07, 6.45) is 4.38. The van der Waals surface area contributed by atoms with Crippen LogP contribution in [0.5, 0.6) is 0 Å². The summed E-state index contributed by atoms with van der Waals surface area (Å²) in [5, 5.41) is 7.44. The SMILES string of the molecule is C=CC(=O)N1CC([n+]2[nH]c(-c3ccc(C(=O)Nc4ccccn4)cc3Cl)c3c(N)ncc(Cl)c32)C1. The Balaban J connectivity index is 1.52. The second kappa shape index (κ2) is 9.01. The maximum atomic E-state index is 12.7. The molecule has 2 amide bonds. The van der Waals surface area contributed by atoms with Crippen molar-refractivity contribution in [3.63, 3.8) is 0 Å². The number of aromatic amines is 1. The summed E-state index contributed by atoms with van der Waals surface area (Å²) in [6, 6.07) is 10.2. The van der Waals surface area contributed by atoms with Gasteiger partial charge in [0, 0.05) is 17.3 Å². The van der Waals surface area contributed by atoms with E-state index < -0.39 is 0 Å². The summed E-state index contributed by atoms with van der Waals surface area (Å²) in [5.74, 6) is 0.245. The fourth-order valence-electron chi connectivity index (χ4n) is 4.09. The first kappa shape index (κ1) is 22.8. The number of carbonyl (C=O) groups excluding carboxylic acids is 2. The van der Waals surface area contributed by atoms with Gasteiger partial charge in [-0.05, 0) is 30.3 Å². The number of hydrogen-bond acceptors (Lipinski definition) is 5. The number of halogens is 2. The maximum Gasteiger partial charge on any atom is 0.263 e. The molecule has 4 aromatic rings. The zero-order valence-electron chi connectivity index (χ0n) is 18.3. The predicted octanol–water partition coefficient (Wildman–Crippen LogP) is 3.62. The van der Waals surface area contributed by atoms with Crippen molar-refractivity contribution in [3.8, 4) is 11.3 Å². The first-order chi connectivity index (χ1) is 16.9.